The number of carbonyl (C=O) groups excluding carboxylic acids is 1. The summed E-state index contributed by atoms with van der Waals surface area (Å²) >= 11 is 5.61. The number of rotatable bonds is 8. The minimum Gasteiger partial charge on any atom is -0.487 e. The summed E-state index contributed by atoms with van der Waals surface area (Å²) in [6, 6.07) is 27.5. The molecule has 0 amide bonds. The van der Waals surface area contributed by atoms with Crippen LogP contribution in [0.25, 0.3) is 11.8 Å². The van der Waals surface area contributed by atoms with E-state index in [0.717, 1.165) is 18.3 Å². The fourth-order valence-corrected chi connectivity index (χ4v) is 8.39. The van der Waals surface area contributed by atoms with Crippen molar-refractivity contribution in [2.24, 2.45) is 4.99 Å². The zero-order valence-corrected chi connectivity index (χ0v) is 29.9. The Balaban J connectivity index is 1.47. The molecule has 1 aliphatic rings. The van der Waals surface area contributed by atoms with E-state index in [1.807, 2.05) is 60.7 Å². The zero-order valence-electron chi connectivity index (χ0n) is 24.7. The summed E-state index contributed by atoms with van der Waals surface area (Å²) in [6.45, 7) is 2.09. The second-order valence-electron chi connectivity index (χ2n) is 10.4. The van der Waals surface area contributed by atoms with E-state index < -0.39 is 17.8 Å². The molecule has 0 bridgehead atoms. The van der Waals surface area contributed by atoms with Crippen molar-refractivity contribution in [2.45, 2.75) is 19.6 Å². The van der Waals surface area contributed by atoms with Crippen molar-refractivity contribution in [1.29, 1.82) is 5.26 Å². The van der Waals surface area contributed by atoms with Gasteiger partial charge in [-0.2, -0.15) is 5.26 Å². The molecule has 47 heavy (non-hydrogen) atoms. The molecule has 234 valence electrons. The summed E-state index contributed by atoms with van der Waals surface area (Å²) in [6.07, 6.45) is 1.79. The van der Waals surface area contributed by atoms with E-state index in [0.29, 0.717) is 37.5 Å². The Hall–Kier alpha value is -4.13. The van der Waals surface area contributed by atoms with Crippen molar-refractivity contribution in [3.8, 4) is 11.8 Å². The second-order valence-corrected chi connectivity index (χ2v) is 13.7. The molecule has 7 nitrogen and oxygen atoms in total. The molecule has 0 aliphatic carbocycles. The van der Waals surface area contributed by atoms with Crippen LogP contribution in [0.4, 0.5) is 4.39 Å². The molecule has 1 aliphatic heterocycles. The number of nitriles is 1. The van der Waals surface area contributed by atoms with Crippen LogP contribution in [0.1, 0.15) is 40.8 Å². The average molecular weight is 867 g/mol. The number of thiazole rings is 1. The van der Waals surface area contributed by atoms with Gasteiger partial charge < -0.3 is 9.47 Å². The smallest absolute Gasteiger partial charge is 0.338 e. The van der Waals surface area contributed by atoms with Crippen LogP contribution >= 0.6 is 56.5 Å². The van der Waals surface area contributed by atoms with Gasteiger partial charge in [-0.05, 0) is 99.6 Å². The maximum Gasteiger partial charge on any atom is 0.338 e. The third kappa shape index (κ3) is 6.81. The van der Waals surface area contributed by atoms with Crippen LogP contribution in [-0.2, 0) is 16.1 Å². The molecule has 4 aromatic carbocycles. The van der Waals surface area contributed by atoms with Crippen molar-refractivity contribution in [3.05, 3.63) is 157 Å². The molecule has 11 heteroatoms. The van der Waals surface area contributed by atoms with Crippen LogP contribution in [0, 0.1) is 24.3 Å². The molecule has 1 aromatic heterocycles. The van der Waals surface area contributed by atoms with Gasteiger partial charge >= 0.3 is 5.97 Å². The number of nitrogens with zero attached hydrogens (tertiary/aromatic N) is 3. The van der Waals surface area contributed by atoms with E-state index in [9.17, 15) is 19.2 Å². The van der Waals surface area contributed by atoms with Gasteiger partial charge in [0.05, 0.1) is 47.2 Å². The number of esters is 1. The number of fused-ring (bicyclic) bond motifs is 1. The van der Waals surface area contributed by atoms with Crippen molar-refractivity contribution < 1.29 is 18.7 Å². The molecule has 0 N–H and O–H groups in total. The third-order valence-corrected chi connectivity index (χ3v) is 9.97. The van der Waals surface area contributed by atoms with Crippen LogP contribution in [0.3, 0.4) is 0 Å². The number of ether oxygens (including phenoxy) is 2. The Bertz CT molecular complexity index is 2240. The van der Waals surface area contributed by atoms with E-state index in [1.54, 1.807) is 31.2 Å². The number of benzene rings is 4. The summed E-state index contributed by atoms with van der Waals surface area (Å²) in [5, 5.41) is 9.43. The predicted molar refractivity (Wildman–Crippen MR) is 195 cm³/mol. The molecule has 1 atom stereocenters. The van der Waals surface area contributed by atoms with Gasteiger partial charge in [0.15, 0.2) is 4.80 Å². The van der Waals surface area contributed by atoms with Gasteiger partial charge in [0.1, 0.15) is 18.2 Å². The Morgan fingerprint density at radius 2 is 1.72 bits per heavy atom. The summed E-state index contributed by atoms with van der Waals surface area (Å²) in [7, 11) is 0. The van der Waals surface area contributed by atoms with E-state index in [4.69, 9.17) is 14.5 Å². The minimum absolute atomic E-state index is 0.132. The summed E-state index contributed by atoms with van der Waals surface area (Å²) < 4.78 is 29.2. The van der Waals surface area contributed by atoms with Gasteiger partial charge in [0.25, 0.3) is 5.56 Å². The second kappa shape index (κ2) is 14.3. The quantitative estimate of drug-likeness (QED) is 0.128. The number of aromatic nitrogens is 1. The Kier molecular flexibility index (Phi) is 10.00. The number of hydrogen-bond donors (Lipinski definition) is 0. The topological polar surface area (TPSA) is 93.7 Å². The summed E-state index contributed by atoms with van der Waals surface area (Å²) in [5.74, 6) is -0.353. The van der Waals surface area contributed by atoms with Crippen LogP contribution < -0.4 is 19.6 Å². The maximum absolute atomic E-state index is 14.2. The Morgan fingerprint density at radius 3 is 2.40 bits per heavy atom. The minimum atomic E-state index is -0.893. The highest BCUT2D eigenvalue weighted by Gasteiger charge is 2.35. The van der Waals surface area contributed by atoms with Gasteiger partial charge in [-0.3, -0.25) is 9.36 Å². The Morgan fingerprint density at radius 1 is 1.04 bits per heavy atom. The van der Waals surface area contributed by atoms with E-state index in [-0.39, 0.29) is 24.3 Å². The molecule has 0 unspecified atom stereocenters. The monoisotopic (exact) mass is 867 g/mol. The molecule has 0 saturated carbocycles. The first kappa shape index (κ1) is 32.8. The lowest BCUT2D eigenvalue weighted by Crippen LogP contribution is -2.40. The fraction of sp³-hybridized carbons (Fsp3) is 0.111. The van der Waals surface area contributed by atoms with Gasteiger partial charge in [0, 0.05) is 11.1 Å². The molecular formula is C36H24FI2N3O4S. The third-order valence-electron chi connectivity index (χ3n) is 7.39. The summed E-state index contributed by atoms with van der Waals surface area (Å²) in [4.78, 5) is 33.0. The maximum atomic E-state index is 14.2. The molecular weight excluding hydrogens is 843 g/mol. The molecule has 0 fully saturated rings. The van der Waals surface area contributed by atoms with E-state index in [1.165, 1.54) is 28.0 Å². The van der Waals surface area contributed by atoms with E-state index >= 15 is 0 Å². The lowest BCUT2D eigenvalue weighted by atomic mass is 9.93. The Labute approximate surface area is 300 Å². The molecule has 6 rings (SSSR count). The molecule has 2 heterocycles. The predicted octanol–water partition coefficient (Wildman–Crippen LogP) is 6.73. The van der Waals surface area contributed by atoms with E-state index in [2.05, 4.69) is 51.3 Å². The van der Waals surface area contributed by atoms with Gasteiger partial charge in [-0.15, -0.1) is 0 Å². The first-order chi connectivity index (χ1) is 22.8. The highest BCUT2D eigenvalue weighted by molar-refractivity contribution is 14.1. The lowest BCUT2D eigenvalue weighted by Gasteiger charge is -2.25. The van der Waals surface area contributed by atoms with Crippen LogP contribution in [0.2, 0.25) is 0 Å². The van der Waals surface area contributed by atoms with Crippen molar-refractivity contribution in [2.75, 3.05) is 6.61 Å². The van der Waals surface area contributed by atoms with Crippen molar-refractivity contribution in [3.63, 3.8) is 0 Å². The van der Waals surface area contributed by atoms with Crippen LogP contribution in [0.5, 0.6) is 5.75 Å². The highest BCUT2D eigenvalue weighted by Crippen LogP contribution is 2.35. The molecule has 5 aromatic rings. The fourth-order valence-electron chi connectivity index (χ4n) is 5.26. The van der Waals surface area contributed by atoms with Crippen molar-refractivity contribution in [1.82, 2.24) is 4.57 Å². The molecule has 0 saturated heterocycles. The highest BCUT2D eigenvalue weighted by atomic mass is 127. The van der Waals surface area contributed by atoms with Gasteiger partial charge in [0.2, 0.25) is 0 Å². The molecule has 0 spiro atoms. The SMILES string of the molecule is CCOC(=O)C1=C(c2ccccc2)N=c2s/c(=C\c3cc(I)c(OCc4ccccc4C#N)c(I)c3)c(=O)n2[C@H]1c1ccc(F)cc1. The van der Waals surface area contributed by atoms with Crippen LogP contribution in [0.15, 0.2) is 106 Å². The first-order valence-electron chi connectivity index (χ1n) is 14.4. The van der Waals surface area contributed by atoms with Crippen molar-refractivity contribution >= 4 is 74.3 Å². The number of halogens is 3. The largest absolute Gasteiger partial charge is 0.487 e. The van der Waals surface area contributed by atoms with Gasteiger partial charge in [-0.25, -0.2) is 14.2 Å². The van der Waals surface area contributed by atoms with Crippen LogP contribution in [-0.4, -0.2) is 17.1 Å². The number of hydrogen-bond acceptors (Lipinski definition) is 7. The normalized spacial score (nSPS) is 14.3. The number of carbonyl (C=O) groups is 1. The lowest BCUT2D eigenvalue weighted by molar-refractivity contribution is -0.138. The summed E-state index contributed by atoms with van der Waals surface area (Å²) in [5.41, 5.74) is 3.63. The first-order valence-corrected chi connectivity index (χ1v) is 17.4. The molecule has 0 radical (unpaired) electrons. The standard InChI is InChI=1S/C36H24FI2N3O4S/c1-2-45-35(44)30-31(22-8-4-3-5-9-22)41-36-42(32(30)23-12-14-26(37)15-13-23)34(43)29(47-36)18-21-16-27(38)33(28(39)17-21)46-20-25-11-7-6-10-24(25)19-40/h3-18,32H,2,20H2,1H3/b29-18-/t32-/m0/s1. The zero-order chi connectivity index (χ0) is 33.1. The van der Waals surface area contributed by atoms with Gasteiger partial charge in [-0.1, -0.05) is 72.0 Å². The average Bonchev–Trinajstić information content (AvgIpc) is 3.38.